The molecular weight excluding hydrogens is 460 g/mol. The summed E-state index contributed by atoms with van der Waals surface area (Å²) in [5, 5.41) is 5.51. The number of aldehydes is 1. The van der Waals surface area contributed by atoms with Gasteiger partial charge >= 0.3 is 0 Å². The number of carbonyl (C=O) groups excluding carboxylic acids is 3. The van der Waals surface area contributed by atoms with E-state index in [1.807, 2.05) is 0 Å². The summed E-state index contributed by atoms with van der Waals surface area (Å²) in [4.78, 5) is 33.3. The summed E-state index contributed by atoms with van der Waals surface area (Å²) < 4.78 is 31.9. The number of carbonyl (C=O) groups is 3. The number of hydrogen-bond acceptors (Lipinski definition) is 9. The number of hydrogen-bond donors (Lipinski definition) is 2. The van der Waals surface area contributed by atoms with Gasteiger partial charge in [0, 0.05) is 38.8 Å². The molecule has 0 bridgehead atoms. The molecule has 2 N–H and O–H groups in total. The van der Waals surface area contributed by atoms with Gasteiger partial charge in [-0.05, 0) is 6.42 Å². The number of nitrogens with one attached hydrogen (secondary N) is 2. The number of terminal acetylenes is 1. The van der Waals surface area contributed by atoms with Crippen molar-refractivity contribution < 1.29 is 42.8 Å². The van der Waals surface area contributed by atoms with Crippen LogP contribution in [0.1, 0.15) is 32.1 Å². The lowest BCUT2D eigenvalue weighted by molar-refractivity contribution is -0.123. The summed E-state index contributed by atoms with van der Waals surface area (Å²) in [6.07, 6.45) is 8.35. The van der Waals surface area contributed by atoms with E-state index in [1.165, 1.54) is 0 Å². The molecule has 0 aliphatic carbocycles. The summed E-state index contributed by atoms with van der Waals surface area (Å²) >= 11 is 0. The third-order valence-corrected chi connectivity index (χ3v) is 4.20. The highest BCUT2D eigenvalue weighted by molar-refractivity contribution is 5.76. The first kappa shape index (κ1) is 32.9. The Morgan fingerprint density at radius 2 is 1.06 bits per heavy atom. The molecule has 0 spiro atoms. The number of amides is 2. The second-order valence-corrected chi connectivity index (χ2v) is 7.14. The van der Waals surface area contributed by atoms with E-state index in [9.17, 15) is 14.4 Å². The summed E-state index contributed by atoms with van der Waals surface area (Å²) in [6.45, 7) is 5.89. The highest BCUT2D eigenvalue weighted by Crippen LogP contribution is 1.92. The van der Waals surface area contributed by atoms with Gasteiger partial charge in [-0.15, -0.1) is 12.3 Å². The molecule has 0 aromatic rings. The average molecular weight is 503 g/mol. The molecule has 11 heteroatoms. The maximum atomic E-state index is 11.7. The maximum absolute atomic E-state index is 11.7. The summed E-state index contributed by atoms with van der Waals surface area (Å²) in [5.74, 6) is 2.38. The molecule has 0 saturated carbocycles. The summed E-state index contributed by atoms with van der Waals surface area (Å²) in [5.41, 5.74) is 0. The molecule has 0 atom stereocenters. The molecule has 0 heterocycles. The van der Waals surface area contributed by atoms with Crippen molar-refractivity contribution >= 4 is 18.1 Å². The Kier molecular flexibility index (Phi) is 26.5. The third-order valence-electron chi connectivity index (χ3n) is 4.20. The first-order valence-corrected chi connectivity index (χ1v) is 12.1. The van der Waals surface area contributed by atoms with Gasteiger partial charge in [0.15, 0.2) is 0 Å². The van der Waals surface area contributed by atoms with Crippen molar-refractivity contribution in [1.82, 2.24) is 10.6 Å². The minimum atomic E-state index is -0.102. The zero-order valence-electron chi connectivity index (χ0n) is 20.8. The molecule has 0 aliphatic heterocycles. The van der Waals surface area contributed by atoms with Crippen LogP contribution in [0, 0.1) is 12.3 Å². The van der Waals surface area contributed by atoms with Gasteiger partial charge in [0.25, 0.3) is 0 Å². The molecule has 0 fully saturated rings. The molecule has 0 unspecified atom stereocenters. The predicted octanol–water partition coefficient (Wildman–Crippen LogP) is 0.101. The zero-order chi connectivity index (χ0) is 25.7. The topological polar surface area (TPSA) is 131 Å². The molecule has 11 nitrogen and oxygen atoms in total. The Bertz CT molecular complexity index is 556. The molecule has 0 aliphatic rings. The lowest BCUT2D eigenvalue weighted by atomic mass is 10.2. The minimum absolute atomic E-state index is 0.0212. The second kappa shape index (κ2) is 28.2. The quantitative estimate of drug-likeness (QED) is 0.0912. The fraction of sp³-hybridized carbons (Fsp3) is 0.792. The van der Waals surface area contributed by atoms with Crippen LogP contribution in [0.2, 0.25) is 0 Å². The molecular formula is C24H42N2O9. The molecule has 0 rings (SSSR count). The number of rotatable bonds is 27. The van der Waals surface area contributed by atoms with E-state index in [0.717, 1.165) is 6.29 Å². The van der Waals surface area contributed by atoms with E-state index in [-0.39, 0.29) is 18.2 Å². The van der Waals surface area contributed by atoms with Crippen LogP contribution in [0.4, 0.5) is 0 Å². The fourth-order valence-corrected chi connectivity index (χ4v) is 2.43. The van der Waals surface area contributed by atoms with Crippen molar-refractivity contribution in [2.24, 2.45) is 0 Å². The van der Waals surface area contributed by atoms with Crippen molar-refractivity contribution in [1.29, 1.82) is 0 Å². The van der Waals surface area contributed by atoms with Crippen LogP contribution >= 0.6 is 0 Å². The van der Waals surface area contributed by atoms with Crippen molar-refractivity contribution in [3.8, 4) is 12.3 Å². The van der Waals surface area contributed by atoms with E-state index < -0.39 is 0 Å². The van der Waals surface area contributed by atoms with Gasteiger partial charge in [0.2, 0.25) is 11.8 Å². The van der Waals surface area contributed by atoms with E-state index in [4.69, 9.17) is 34.8 Å². The van der Waals surface area contributed by atoms with E-state index in [0.29, 0.717) is 118 Å². The number of ether oxygens (including phenoxy) is 6. The lowest BCUT2D eigenvalue weighted by Gasteiger charge is -2.09. The van der Waals surface area contributed by atoms with Crippen LogP contribution in [-0.2, 0) is 42.8 Å². The summed E-state index contributed by atoms with van der Waals surface area (Å²) in [6, 6.07) is 0. The van der Waals surface area contributed by atoms with Gasteiger partial charge in [-0.3, -0.25) is 9.59 Å². The van der Waals surface area contributed by atoms with E-state index in [2.05, 4.69) is 16.6 Å². The van der Waals surface area contributed by atoms with Crippen molar-refractivity contribution in [3.05, 3.63) is 0 Å². The van der Waals surface area contributed by atoms with Crippen molar-refractivity contribution in [3.63, 3.8) is 0 Å². The van der Waals surface area contributed by atoms with E-state index >= 15 is 0 Å². The van der Waals surface area contributed by atoms with Crippen molar-refractivity contribution in [2.45, 2.75) is 32.1 Å². The molecule has 35 heavy (non-hydrogen) atoms. The van der Waals surface area contributed by atoms with Crippen LogP contribution < -0.4 is 10.6 Å². The largest absolute Gasteiger partial charge is 0.379 e. The zero-order valence-corrected chi connectivity index (χ0v) is 20.8. The fourth-order valence-electron chi connectivity index (χ4n) is 2.43. The van der Waals surface area contributed by atoms with Gasteiger partial charge in [-0.1, -0.05) is 0 Å². The Morgan fingerprint density at radius 3 is 1.54 bits per heavy atom. The van der Waals surface area contributed by atoms with Gasteiger partial charge in [-0.2, -0.15) is 0 Å². The van der Waals surface area contributed by atoms with Crippen LogP contribution in [-0.4, -0.2) is 110 Å². The predicted molar refractivity (Wildman–Crippen MR) is 129 cm³/mol. The van der Waals surface area contributed by atoms with Gasteiger partial charge < -0.3 is 43.8 Å². The van der Waals surface area contributed by atoms with Crippen LogP contribution in [0.3, 0.4) is 0 Å². The Morgan fingerprint density at radius 1 is 0.629 bits per heavy atom. The summed E-state index contributed by atoms with van der Waals surface area (Å²) in [7, 11) is 0. The minimum Gasteiger partial charge on any atom is -0.379 e. The normalized spacial score (nSPS) is 10.6. The van der Waals surface area contributed by atoms with Crippen LogP contribution in [0.25, 0.3) is 0 Å². The average Bonchev–Trinajstić information content (AvgIpc) is 2.85. The highest BCUT2D eigenvalue weighted by Gasteiger charge is 2.01. The highest BCUT2D eigenvalue weighted by atomic mass is 16.5. The molecule has 2 amide bonds. The Hall–Kier alpha value is -2.07. The van der Waals surface area contributed by atoms with Crippen molar-refractivity contribution in [2.75, 3.05) is 92.4 Å². The molecule has 0 saturated heterocycles. The smallest absolute Gasteiger partial charge is 0.222 e. The first-order chi connectivity index (χ1) is 17.2. The molecule has 0 radical (unpaired) electrons. The molecule has 0 aromatic heterocycles. The van der Waals surface area contributed by atoms with Gasteiger partial charge in [0.1, 0.15) is 6.29 Å². The van der Waals surface area contributed by atoms with Gasteiger partial charge in [-0.25, -0.2) is 0 Å². The van der Waals surface area contributed by atoms with E-state index in [1.54, 1.807) is 0 Å². The van der Waals surface area contributed by atoms with Gasteiger partial charge in [0.05, 0.1) is 79.3 Å². The lowest BCUT2D eigenvalue weighted by Crippen LogP contribution is -2.28. The SMILES string of the molecule is C#CCCCC(=O)NCCOCCOCCOCCC(=O)NCCOCCOCCOCCC=O. The molecule has 0 aromatic carbocycles. The Labute approximate surface area is 208 Å². The number of unbranched alkanes of at least 4 members (excludes halogenated alkanes) is 1. The van der Waals surface area contributed by atoms with Crippen LogP contribution in [0.15, 0.2) is 0 Å². The standard InChI is InChI=1S/C24H42N2O9/c1-2-3-4-6-23(28)25-8-13-32-18-22-35-20-16-31-12-7-24(29)26-9-14-33-17-21-34-19-15-30-11-5-10-27/h1,10H,3-9,11-22H2,(H,25,28)(H,26,29). The first-order valence-electron chi connectivity index (χ1n) is 12.1. The second-order valence-electron chi connectivity index (χ2n) is 7.14. The Balaban J connectivity index is 3.21. The van der Waals surface area contributed by atoms with Crippen LogP contribution in [0.5, 0.6) is 0 Å². The maximum Gasteiger partial charge on any atom is 0.222 e. The monoisotopic (exact) mass is 502 g/mol. The third kappa shape index (κ3) is 28.1. The molecule has 202 valence electrons.